The molecule has 0 saturated heterocycles. The van der Waals surface area contributed by atoms with Crippen LogP contribution in [-0.4, -0.2) is 5.91 Å². The van der Waals surface area contributed by atoms with Gasteiger partial charge in [-0.1, -0.05) is 29.8 Å². The molecule has 1 aliphatic carbocycles. The Morgan fingerprint density at radius 3 is 2.33 bits per heavy atom. The molecule has 0 aliphatic heterocycles. The number of hydrogen-bond acceptors (Lipinski definition) is 1. The van der Waals surface area contributed by atoms with Gasteiger partial charge >= 0.3 is 0 Å². The molecule has 0 aromatic heterocycles. The van der Waals surface area contributed by atoms with Crippen LogP contribution in [0.15, 0.2) is 42.5 Å². The van der Waals surface area contributed by atoms with Crippen molar-refractivity contribution >= 4 is 23.2 Å². The second kappa shape index (κ2) is 5.19. The normalized spacial score (nSPS) is 15.6. The van der Waals surface area contributed by atoms with E-state index in [0.29, 0.717) is 5.02 Å². The molecule has 1 saturated carbocycles. The molecule has 0 unspecified atom stereocenters. The van der Waals surface area contributed by atoms with Crippen molar-refractivity contribution in [2.45, 2.75) is 32.1 Å². The van der Waals surface area contributed by atoms with Crippen LogP contribution in [-0.2, 0) is 10.2 Å². The molecule has 21 heavy (non-hydrogen) atoms. The summed E-state index contributed by atoms with van der Waals surface area (Å²) >= 11 is 6.05. The Morgan fingerprint density at radius 2 is 1.76 bits per heavy atom. The van der Waals surface area contributed by atoms with Crippen molar-refractivity contribution in [2.24, 2.45) is 0 Å². The van der Waals surface area contributed by atoms with Gasteiger partial charge in [-0.2, -0.15) is 0 Å². The van der Waals surface area contributed by atoms with E-state index in [1.165, 1.54) is 0 Å². The van der Waals surface area contributed by atoms with Gasteiger partial charge in [0.25, 0.3) is 0 Å². The first-order valence-corrected chi connectivity index (χ1v) is 7.53. The van der Waals surface area contributed by atoms with Gasteiger partial charge < -0.3 is 5.32 Å². The molecule has 1 N–H and O–H groups in total. The Morgan fingerprint density at radius 1 is 1.10 bits per heavy atom. The maximum atomic E-state index is 12.7. The van der Waals surface area contributed by atoms with Crippen LogP contribution in [0.5, 0.6) is 0 Å². The van der Waals surface area contributed by atoms with Crippen LogP contribution in [0.3, 0.4) is 0 Å². The number of aryl methyl sites for hydroxylation is 2. The smallest absolute Gasteiger partial charge is 0.235 e. The summed E-state index contributed by atoms with van der Waals surface area (Å²) in [5.74, 6) is 0.0646. The Labute approximate surface area is 130 Å². The lowest BCUT2D eigenvalue weighted by Crippen LogP contribution is -2.27. The fourth-order valence-corrected chi connectivity index (χ4v) is 3.05. The van der Waals surface area contributed by atoms with E-state index in [0.717, 1.165) is 35.2 Å². The molecule has 2 aromatic carbocycles. The molecule has 108 valence electrons. The molecule has 3 heteroatoms. The topological polar surface area (TPSA) is 29.1 Å². The molecule has 1 fully saturated rings. The molecule has 1 aliphatic rings. The van der Waals surface area contributed by atoms with Crippen LogP contribution in [0.4, 0.5) is 5.69 Å². The second-order valence-electron chi connectivity index (χ2n) is 5.92. The zero-order valence-electron chi connectivity index (χ0n) is 12.2. The van der Waals surface area contributed by atoms with E-state index < -0.39 is 5.41 Å². The first-order valence-electron chi connectivity index (χ1n) is 7.15. The van der Waals surface area contributed by atoms with E-state index in [2.05, 4.69) is 11.4 Å². The molecule has 0 radical (unpaired) electrons. The van der Waals surface area contributed by atoms with Crippen molar-refractivity contribution in [3.8, 4) is 0 Å². The quantitative estimate of drug-likeness (QED) is 0.880. The molecule has 3 rings (SSSR count). The van der Waals surface area contributed by atoms with Gasteiger partial charge in [0, 0.05) is 10.7 Å². The summed E-state index contributed by atoms with van der Waals surface area (Å²) in [5.41, 5.74) is 3.78. The highest BCUT2D eigenvalue weighted by molar-refractivity contribution is 6.30. The van der Waals surface area contributed by atoms with E-state index in [-0.39, 0.29) is 5.91 Å². The van der Waals surface area contributed by atoms with Gasteiger partial charge in [0.05, 0.1) is 5.41 Å². The average molecular weight is 300 g/mol. The summed E-state index contributed by atoms with van der Waals surface area (Å²) in [7, 11) is 0. The number of halogens is 1. The number of benzene rings is 2. The number of carbonyl (C=O) groups excluding carboxylic acids is 1. The van der Waals surface area contributed by atoms with Crippen LogP contribution < -0.4 is 5.32 Å². The van der Waals surface area contributed by atoms with Crippen molar-refractivity contribution in [1.29, 1.82) is 0 Å². The van der Waals surface area contributed by atoms with Gasteiger partial charge in [0.2, 0.25) is 5.91 Å². The molecule has 0 spiro atoms. The molecule has 0 bridgehead atoms. The summed E-state index contributed by atoms with van der Waals surface area (Å²) in [6.45, 7) is 4.07. The highest BCUT2D eigenvalue weighted by Crippen LogP contribution is 2.49. The van der Waals surface area contributed by atoms with Crippen LogP contribution in [0.1, 0.15) is 29.5 Å². The monoisotopic (exact) mass is 299 g/mol. The molecular weight excluding hydrogens is 282 g/mol. The van der Waals surface area contributed by atoms with E-state index in [9.17, 15) is 4.79 Å². The van der Waals surface area contributed by atoms with Crippen LogP contribution in [0, 0.1) is 13.8 Å². The maximum Gasteiger partial charge on any atom is 0.235 e. The maximum absolute atomic E-state index is 12.7. The SMILES string of the molecule is Cc1cc(C)cc(NC(=O)C2(c3cccc(Cl)c3)CC2)c1. The Hall–Kier alpha value is -1.80. The van der Waals surface area contributed by atoms with Crippen LogP contribution >= 0.6 is 11.6 Å². The largest absolute Gasteiger partial charge is 0.325 e. The Bertz CT molecular complexity index is 684. The van der Waals surface area contributed by atoms with Gasteiger partial charge in [0.15, 0.2) is 0 Å². The summed E-state index contributed by atoms with van der Waals surface area (Å²) < 4.78 is 0. The van der Waals surface area contributed by atoms with Gasteiger partial charge in [-0.05, 0) is 67.6 Å². The summed E-state index contributed by atoms with van der Waals surface area (Å²) in [6, 6.07) is 13.7. The number of anilines is 1. The summed E-state index contributed by atoms with van der Waals surface area (Å²) in [4.78, 5) is 12.7. The minimum absolute atomic E-state index is 0.0646. The van der Waals surface area contributed by atoms with Crippen molar-refractivity contribution in [3.63, 3.8) is 0 Å². The number of nitrogens with one attached hydrogen (secondary N) is 1. The van der Waals surface area contributed by atoms with Crippen molar-refractivity contribution < 1.29 is 4.79 Å². The van der Waals surface area contributed by atoms with E-state index in [1.54, 1.807) is 0 Å². The minimum atomic E-state index is -0.400. The first kappa shape index (κ1) is 14.2. The number of amides is 1. The summed E-state index contributed by atoms with van der Waals surface area (Å²) in [5, 5.41) is 3.74. The van der Waals surface area contributed by atoms with E-state index in [1.807, 2.05) is 50.2 Å². The predicted molar refractivity (Wildman–Crippen MR) is 86.9 cm³/mol. The second-order valence-corrected chi connectivity index (χ2v) is 6.36. The fourth-order valence-electron chi connectivity index (χ4n) is 2.86. The summed E-state index contributed by atoms with van der Waals surface area (Å²) in [6.07, 6.45) is 1.76. The molecule has 2 aromatic rings. The first-order chi connectivity index (χ1) is 9.99. The molecular formula is C18H18ClNO. The molecule has 0 atom stereocenters. The Kier molecular flexibility index (Phi) is 3.50. The highest BCUT2D eigenvalue weighted by Gasteiger charge is 2.51. The van der Waals surface area contributed by atoms with Crippen LogP contribution in [0.2, 0.25) is 5.02 Å². The number of rotatable bonds is 3. The van der Waals surface area contributed by atoms with E-state index in [4.69, 9.17) is 11.6 Å². The van der Waals surface area contributed by atoms with Crippen molar-refractivity contribution in [3.05, 3.63) is 64.2 Å². The number of hydrogen-bond donors (Lipinski definition) is 1. The van der Waals surface area contributed by atoms with Crippen molar-refractivity contribution in [1.82, 2.24) is 0 Å². The molecule has 2 nitrogen and oxygen atoms in total. The van der Waals surface area contributed by atoms with Crippen LogP contribution in [0.25, 0.3) is 0 Å². The molecule has 0 heterocycles. The van der Waals surface area contributed by atoms with Gasteiger partial charge in [-0.3, -0.25) is 4.79 Å². The zero-order chi connectivity index (χ0) is 15.0. The predicted octanol–water partition coefficient (Wildman–Crippen LogP) is 4.63. The third-order valence-corrected chi connectivity index (χ3v) is 4.28. The third-order valence-electron chi connectivity index (χ3n) is 4.04. The average Bonchev–Trinajstić information content (AvgIpc) is 3.18. The van der Waals surface area contributed by atoms with Crippen molar-refractivity contribution in [2.75, 3.05) is 5.32 Å². The third kappa shape index (κ3) is 2.81. The fraction of sp³-hybridized carbons (Fsp3) is 0.278. The molecule has 1 amide bonds. The van der Waals surface area contributed by atoms with Gasteiger partial charge in [-0.15, -0.1) is 0 Å². The zero-order valence-corrected chi connectivity index (χ0v) is 13.0. The lowest BCUT2D eigenvalue weighted by atomic mass is 9.95. The highest BCUT2D eigenvalue weighted by atomic mass is 35.5. The minimum Gasteiger partial charge on any atom is -0.325 e. The Balaban J connectivity index is 1.85. The standard InChI is InChI=1S/C18H18ClNO/c1-12-8-13(2)10-16(9-12)20-17(21)18(6-7-18)14-4-3-5-15(19)11-14/h3-5,8-11H,6-7H2,1-2H3,(H,20,21). The van der Waals surface area contributed by atoms with Gasteiger partial charge in [0.1, 0.15) is 0 Å². The van der Waals surface area contributed by atoms with E-state index >= 15 is 0 Å². The number of carbonyl (C=O) groups is 1. The lowest BCUT2D eigenvalue weighted by Gasteiger charge is -2.16. The lowest BCUT2D eigenvalue weighted by molar-refractivity contribution is -0.118. The van der Waals surface area contributed by atoms with Gasteiger partial charge in [-0.25, -0.2) is 0 Å².